The predicted molar refractivity (Wildman–Crippen MR) is 196 cm³/mol. The summed E-state index contributed by atoms with van der Waals surface area (Å²) in [6.45, 7) is 8.11. The first-order valence-electron chi connectivity index (χ1n) is 18.7. The van der Waals surface area contributed by atoms with E-state index in [1.165, 1.54) is 12.0 Å². The monoisotopic (exact) mass is 714 g/mol. The number of carbonyl (C=O) groups is 3. The molecule has 5 fully saturated rings. The molecule has 0 spiro atoms. The zero-order valence-corrected chi connectivity index (χ0v) is 31.1. The van der Waals surface area contributed by atoms with E-state index in [1.807, 2.05) is 29.2 Å². The number of ether oxygens (including phenoxy) is 1. The van der Waals surface area contributed by atoms with Crippen LogP contribution in [0.25, 0.3) is 22.2 Å². The quantitative estimate of drug-likeness (QED) is 0.287. The fraction of sp³-hybridized carbons (Fsp3) is 0.575. The van der Waals surface area contributed by atoms with Gasteiger partial charge in [0.05, 0.1) is 23.5 Å². The van der Waals surface area contributed by atoms with E-state index < -0.39 is 26.6 Å². The van der Waals surface area contributed by atoms with Gasteiger partial charge in [-0.25, -0.2) is 13.1 Å². The molecule has 2 unspecified atom stereocenters. The summed E-state index contributed by atoms with van der Waals surface area (Å²) in [5, 5.41) is 0.300. The first-order chi connectivity index (χ1) is 24.3. The molecule has 272 valence electrons. The number of amides is 3. The predicted octanol–water partition coefficient (Wildman–Crippen LogP) is 6.08. The van der Waals surface area contributed by atoms with Gasteiger partial charge in [-0.1, -0.05) is 25.3 Å². The molecular weight excluding hydrogens is 665 g/mol. The van der Waals surface area contributed by atoms with E-state index in [9.17, 15) is 22.8 Å². The second-order valence-electron chi connectivity index (χ2n) is 16.5. The fourth-order valence-electron chi connectivity index (χ4n) is 9.94. The van der Waals surface area contributed by atoms with Crippen LogP contribution in [0.15, 0.2) is 42.5 Å². The van der Waals surface area contributed by atoms with Gasteiger partial charge in [-0.3, -0.25) is 14.4 Å². The van der Waals surface area contributed by atoms with Gasteiger partial charge in [-0.15, -0.1) is 0 Å². The maximum atomic E-state index is 14.7. The van der Waals surface area contributed by atoms with Crippen molar-refractivity contribution in [2.75, 3.05) is 33.3 Å². The van der Waals surface area contributed by atoms with Crippen LogP contribution in [0.5, 0.6) is 5.75 Å². The van der Waals surface area contributed by atoms with Gasteiger partial charge < -0.3 is 19.1 Å². The van der Waals surface area contributed by atoms with Crippen LogP contribution in [0, 0.1) is 16.2 Å². The lowest BCUT2D eigenvalue weighted by Crippen LogP contribution is -2.49. The van der Waals surface area contributed by atoms with Gasteiger partial charge in [-0.2, -0.15) is 0 Å². The molecule has 2 saturated heterocycles. The maximum Gasteiger partial charge on any atom is 0.264 e. The molecule has 0 bridgehead atoms. The summed E-state index contributed by atoms with van der Waals surface area (Å²) in [6.07, 6.45) is 9.32. The number of nitrogens with zero attached hydrogens (tertiary/aromatic N) is 3. The number of methoxy groups -OCH3 is 1. The van der Waals surface area contributed by atoms with Gasteiger partial charge in [0, 0.05) is 66.9 Å². The van der Waals surface area contributed by atoms with E-state index in [0.29, 0.717) is 25.6 Å². The standard InChI is InChI=1S/C40H50N4O6S/c1-26(2)51(48,49)41-36(46)30-12-15-32-33(20-30)44(35(29-10-13-31(50-4)14-11-29)34(32)28-8-6-5-7-9-28)21-38(16-17-38)37(47)43-24-39-18-19-40(39,25-43)23-42(22-39)27(3)45/h10-15,20,26,28H,5-9,16-19,21-25H2,1-4H3,(H,41,46). The molecule has 3 heterocycles. The highest BCUT2D eigenvalue weighted by atomic mass is 32.2. The number of likely N-dealkylation sites (tertiary alicyclic amines) is 2. The highest BCUT2D eigenvalue weighted by molar-refractivity contribution is 7.90. The van der Waals surface area contributed by atoms with Crippen molar-refractivity contribution < 1.29 is 27.5 Å². The Hall–Kier alpha value is -3.86. The largest absolute Gasteiger partial charge is 0.497 e. The molecule has 0 radical (unpaired) electrons. The molecule has 51 heavy (non-hydrogen) atoms. The van der Waals surface area contributed by atoms with E-state index >= 15 is 0 Å². The molecule has 2 aromatic carbocycles. The lowest BCUT2D eigenvalue weighted by Gasteiger charge is -2.48. The summed E-state index contributed by atoms with van der Waals surface area (Å²) < 4.78 is 35.5. The van der Waals surface area contributed by atoms with Crippen LogP contribution < -0.4 is 9.46 Å². The number of benzene rings is 2. The molecule has 3 amide bonds. The van der Waals surface area contributed by atoms with Crippen molar-refractivity contribution >= 4 is 38.6 Å². The van der Waals surface area contributed by atoms with Gasteiger partial charge in [0.2, 0.25) is 21.8 Å². The van der Waals surface area contributed by atoms with E-state index in [2.05, 4.69) is 26.3 Å². The minimum atomic E-state index is -3.83. The Balaban J connectivity index is 1.22. The number of nitrogens with one attached hydrogen (secondary N) is 1. The summed E-state index contributed by atoms with van der Waals surface area (Å²) in [4.78, 5) is 44.6. The first kappa shape index (κ1) is 34.2. The summed E-state index contributed by atoms with van der Waals surface area (Å²) >= 11 is 0. The van der Waals surface area contributed by atoms with Crippen LogP contribution in [0.2, 0.25) is 0 Å². The Morgan fingerprint density at radius 1 is 0.882 bits per heavy atom. The fourth-order valence-corrected chi connectivity index (χ4v) is 10.6. The SMILES string of the molecule is COc1ccc(-c2c(C3CCCCC3)c3ccc(C(=O)NS(=O)(=O)C(C)C)cc3n2CC2(C(=O)N3CC45CCC4(CN(C(C)=O)C5)C3)CC2)cc1. The van der Waals surface area contributed by atoms with Crippen molar-refractivity contribution in [2.45, 2.75) is 96.3 Å². The Morgan fingerprint density at radius 3 is 2.06 bits per heavy atom. The van der Waals surface area contributed by atoms with Gasteiger partial charge in [0.15, 0.2) is 0 Å². The number of rotatable bonds is 9. The molecule has 11 heteroatoms. The Labute approximate surface area is 300 Å². The normalized spacial score (nSPS) is 25.4. The highest BCUT2D eigenvalue weighted by Crippen LogP contribution is 2.66. The second-order valence-corrected chi connectivity index (χ2v) is 18.8. The van der Waals surface area contributed by atoms with E-state index in [1.54, 1.807) is 33.9 Å². The number of sulfonamides is 1. The van der Waals surface area contributed by atoms with Gasteiger partial charge in [-0.05, 0) is 106 Å². The third kappa shape index (κ3) is 5.47. The zero-order valence-electron chi connectivity index (χ0n) is 30.3. The van der Waals surface area contributed by atoms with Crippen LogP contribution in [-0.2, 0) is 26.2 Å². The lowest BCUT2D eigenvalue weighted by atomic mass is 9.53. The molecule has 10 nitrogen and oxygen atoms in total. The molecule has 3 saturated carbocycles. The van der Waals surface area contributed by atoms with E-state index in [0.717, 1.165) is 92.4 Å². The van der Waals surface area contributed by atoms with Crippen LogP contribution >= 0.6 is 0 Å². The van der Waals surface area contributed by atoms with Crippen LogP contribution in [-0.4, -0.2) is 79.0 Å². The minimum Gasteiger partial charge on any atom is -0.497 e. The molecule has 1 aromatic heterocycles. The van der Waals surface area contributed by atoms with E-state index in [4.69, 9.17) is 4.74 Å². The minimum absolute atomic E-state index is 0.00551. The Kier molecular flexibility index (Phi) is 8.12. The molecule has 8 rings (SSSR count). The highest BCUT2D eigenvalue weighted by Gasteiger charge is 2.70. The number of hydrogen-bond donors (Lipinski definition) is 1. The molecule has 2 atom stereocenters. The zero-order chi connectivity index (χ0) is 35.9. The molecule has 3 aliphatic carbocycles. The molecule has 3 aromatic rings. The number of hydrogen-bond acceptors (Lipinski definition) is 6. The average molecular weight is 715 g/mol. The third-order valence-electron chi connectivity index (χ3n) is 13.3. The topological polar surface area (TPSA) is 118 Å². The van der Waals surface area contributed by atoms with Crippen molar-refractivity contribution in [3.05, 3.63) is 53.6 Å². The third-order valence-corrected chi connectivity index (χ3v) is 15.0. The van der Waals surface area contributed by atoms with Crippen molar-refractivity contribution in [3.63, 3.8) is 0 Å². The number of fused-ring (bicyclic) bond motifs is 1. The van der Waals surface area contributed by atoms with Gasteiger partial charge in [0.25, 0.3) is 5.91 Å². The second kappa shape index (κ2) is 12.1. The van der Waals surface area contributed by atoms with Crippen molar-refractivity contribution in [1.29, 1.82) is 0 Å². The molecule has 1 N–H and O–H groups in total. The van der Waals surface area contributed by atoms with E-state index in [-0.39, 0.29) is 28.2 Å². The lowest BCUT2D eigenvalue weighted by molar-refractivity contribution is -0.137. The van der Waals surface area contributed by atoms with Crippen LogP contribution in [0.3, 0.4) is 0 Å². The van der Waals surface area contributed by atoms with Crippen molar-refractivity contribution in [2.24, 2.45) is 16.2 Å². The van der Waals surface area contributed by atoms with Crippen LogP contribution in [0.1, 0.15) is 100 Å². The Morgan fingerprint density at radius 2 is 1.51 bits per heavy atom. The summed E-state index contributed by atoms with van der Waals surface area (Å²) in [5.74, 6) is 0.748. The number of carbonyl (C=O) groups excluding carboxylic acids is 3. The smallest absolute Gasteiger partial charge is 0.264 e. The van der Waals surface area contributed by atoms with Crippen molar-refractivity contribution in [1.82, 2.24) is 19.1 Å². The van der Waals surface area contributed by atoms with Crippen LogP contribution in [0.4, 0.5) is 0 Å². The first-order valence-corrected chi connectivity index (χ1v) is 20.3. The van der Waals surface area contributed by atoms with Crippen molar-refractivity contribution in [3.8, 4) is 17.0 Å². The molecule has 5 aliphatic rings. The molecular formula is C40H50N4O6S. The summed E-state index contributed by atoms with van der Waals surface area (Å²) in [5.41, 5.74) is 3.91. The average Bonchev–Trinajstić information content (AvgIpc) is 3.72. The maximum absolute atomic E-state index is 14.7. The van der Waals surface area contributed by atoms with Gasteiger partial charge >= 0.3 is 0 Å². The summed E-state index contributed by atoms with van der Waals surface area (Å²) in [7, 11) is -2.17. The molecule has 2 aliphatic heterocycles. The number of aromatic nitrogens is 1. The summed E-state index contributed by atoms with van der Waals surface area (Å²) in [6, 6.07) is 13.7. The Bertz CT molecular complexity index is 2000. The van der Waals surface area contributed by atoms with Gasteiger partial charge in [0.1, 0.15) is 5.75 Å².